The third kappa shape index (κ3) is 3.98. The van der Waals surface area contributed by atoms with Gasteiger partial charge >= 0.3 is 0 Å². The Morgan fingerprint density at radius 2 is 2.19 bits per heavy atom. The minimum atomic E-state index is -0.121. The van der Waals surface area contributed by atoms with E-state index in [9.17, 15) is 4.79 Å². The van der Waals surface area contributed by atoms with Crippen molar-refractivity contribution < 1.29 is 4.79 Å². The summed E-state index contributed by atoms with van der Waals surface area (Å²) in [6.07, 6.45) is 3.86. The number of carbonyl (C=O) groups excluding carboxylic acids is 1. The molecule has 1 atom stereocenters. The number of likely N-dealkylation sites (tertiary alicyclic amines) is 1. The molecular formula is C20H24N6O. The van der Waals surface area contributed by atoms with Gasteiger partial charge in [-0.1, -0.05) is 6.07 Å². The zero-order valence-electron chi connectivity index (χ0n) is 15.7. The fourth-order valence-corrected chi connectivity index (χ4v) is 3.65. The molecule has 0 aliphatic carbocycles. The molecule has 0 spiro atoms. The van der Waals surface area contributed by atoms with Crippen LogP contribution in [0.5, 0.6) is 0 Å². The molecule has 3 aromatic rings. The van der Waals surface area contributed by atoms with Crippen molar-refractivity contribution in [3.8, 4) is 0 Å². The SMILES string of the molecule is Cc1cc2nc(C(=O)NC3CCCN(Cc4ccccn4)C3)cc(C)n2n1. The monoisotopic (exact) mass is 364 g/mol. The molecule has 1 aliphatic heterocycles. The maximum Gasteiger partial charge on any atom is 0.270 e. The van der Waals surface area contributed by atoms with Gasteiger partial charge < -0.3 is 5.32 Å². The molecule has 1 fully saturated rings. The van der Waals surface area contributed by atoms with Crippen molar-refractivity contribution in [1.29, 1.82) is 0 Å². The molecule has 7 nitrogen and oxygen atoms in total. The lowest BCUT2D eigenvalue weighted by molar-refractivity contribution is 0.0895. The number of hydrogen-bond acceptors (Lipinski definition) is 5. The average molecular weight is 364 g/mol. The van der Waals surface area contributed by atoms with Gasteiger partial charge in [0.25, 0.3) is 5.91 Å². The van der Waals surface area contributed by atoms with Gasteiger partial charge in [-0.2, -0.15) is 5.10 Å². The number of hydrogen-bond donors (Lipinski definition) is 1. The zero-order chi connectivity index (χ0) is 18.8. The fourth-order valence-electron chi connectivity index (χ4n) is 3.65. The summed E-state index contributed by atoms with van der Waals surface area (Å²) in [5.41, 5.74) is 4.00. The predicted molar refractivity (Wildman–Crippen MR) is 102 cm³/mol. The molecule has 27 heavy (non-hydrogen) atoms. The van der Waals surface area contributed by atoms with E-state index in [1.54, 1.807) is 10.6 Å². The summed E-state index contributed by atoms with van der Waals surface area (Å²) in [7, 11) is 0. The molecule has 1 saturated heterocycles. The van der Waals surface area contributed by atoms with Crippen molar-refractivity contribution in [2.75, 3.05) is 13.1 Å². The van der Waals surface area contributed by atoms with Gasteiger partial charge in [0.1, 0.15) is 5.69 Å². The second-order valence-corrected chi connectivity index (χ2v) is 7.21. The van der Waals surface area contributed by atoms with E-state index in [-0.39, 0.29) is 11.9 Å². The molecule has 0 radical (unpaired) electrons. The third-order valence-electron chi connectivity index (χ3n) is 4.91. The lowest BCUT2D eigenvalue weighted by Crippen LogP contribution is -2.47. The molecule has 1 amide bonds. The molecule has 7 heteroatoms. The Balaban J connectivity index is 1.43. The molecule has 0 saturated carbocycles. The second-order valence-electron chi connectivity index (χ2n) is 7.21. The van der Waals surface area contributed by atoms with Crippen molar-refractivity contribution >= 4 is 11.6 Å². The predicted octanol–water partition coefficient (Wildman–Crippen LogP) is 2.14. The lowest BCUT2D eigenvalue weighted by atomic mass is 10.1. The summed E-state index contributed by atoms with van der Waals surface area (Å²) in [5.74, 6) is -0.121. The summed E-state index contributed by atoms with van der Waals surface area (Å²) in [6, 6.07) is 9.78. The van der Waals surface area contributed by atoms with Crippen LogP contribution in [0.3, 0.4) is 0 Å². The van der Waals surface area contributed by atoms with Crippen LogP contribution in [-0.2, 0) is 6.54 Å². The smallest absolute Gasteiger partial charge is 0.270 e. The lowest BCUT2D eigenvalue weighted by Gasteiger charge is -2.32. The van der Waals surface area contributed by atoms with Crippen LogP contribution in [0.2, 0.25) is 0 Å². The van der Waals surface area contributed by atoms with Crippen molar-refractivity contribution in [2.45, 2.75) is 39.3 Å². The normalized spacial score (nSPS) is 17.9. The van der Waals surface area contributed by atoms with Crippen LogP contribution in [0, 0.1) is 13.8 Å². The number of carbonyl (C=O) groups is 1. The minimum absolute atomic E-state index is 0.121. The van der Waals surface area contributed by atoms with E-state index in [1.807, 2.05) is 44.3 Å². The van der Waals surface area contributed by atoms with Gasteiger partial charge in [0.15, 0.2) is 5.65 Å². The van der Waals surface area contributed by atoms with Crippen LogP contribution in [0.1, 0.15) is 40.4 Å². The standard InChI is InChI=1S/C20H24N6O/c1-14-10-19-23-18(11-15(2)26(19)24-14)20(27)22-17-7-5-9-25(13-17)12-16-6-3-4-8-21-16/h3-4,6,8,10-11,17H,5,7,9,12-13H2,1-2H3,(H,22,27). The first-order valence-electron chi connectivity index (χ1n) is 9.35. The third-order valence-corrected chi connectivity index (χ3v) is 4.91. The van der Waals surface area contributed by atoms with Crippen molar-refractivity contribution in [2.24, 2.45) is 0 Å². The Morgan fingerprint density at radius 3 is 3.00 bits per heavy atom. The van der Waals surface area contributed by atoms with Gasteiger partial charge in [0.05, 0.1) is 11.4 Å². The Morgan fingerprint density at radius 1 is 1.30 bits per heavy atom. The van der Waals surface area contributed by atoms with E-state index in [0.29, 0.717) is 11.3 Å². The largest absolute Gasteiger partial charge is 0.347 e. The number of pyridine rings is 1. The van der Waals surface area contributed by atoms with Gasteiger partial charge in [-0.15, -0.1) is 0 Å². The Hall–Kier alpha value is -2.80. The summed E-state index contributed by atoms with van der Waals surface area (Å²) in [5, 5.41) is 7.54. The van der Waals surface area contributed by atoms with Gasteiger partial charge in [-0.3, -0.25) is 14.7 Å². The van der Waals surface area contributed by atoms with E-state index in [2.05, 4.69) is 25.3 Å². The number of aryl methyl sites for hydroxylation is 2. The van der Waals surface area contributed by atoms with E-state index in [1.165, 1.54) is 0 Å². The second kappa shape index (κ2) is 7.44. The first-order valence-corrected chi connectivity index (χ1v) is 9.35. The molecular weight excluding hydrogens is 340 g/mol. The zero-order valence-corrected chi connectivity index (χ0v) is 15.7. The number of nitrogens with one attached hydrogen (secondary N) is 1. The average Bonchev–Trinajstić information content (AvgIpc) is 3.04. The van der Waals surface area contributed by atoms with Gasteiger partial charge in [0.2, 0.25) is 0 Å². The van der Waals surface area contributed by atoms with Crippen LogP contribution in [0.4, 0.5) is 0 Å². The van der Waals surface area contributed by atoms with Crippen molar-refractivity contribution in [3.05, 3.63) is 59.3 Å². The maximum absolute atomic E-state index is 12.7. The highest BCUT2D eigenvalue weighted by Crippen LogP contribution is 2.14. The number of aromatic nitrogens is 4. The van der Waals surface area contributed by atoms with E-state index >= 15 is 0 Å². The molecule has 0 bridgehead atoms. The first kappa shape index (κ1) is 17.6. The molecule has 0 aromatic carbocycles. The number of rotatable bonds is 4. The Kier molecular flexibility index (Phi) is 4.85. The molecule has 1 N–H and O–H groups in total. The van der Waals surface area contributed by atoms with E-state index in [4.69, 9.17) is 0 Å². The van der Waals surface area contributed by atoms with Crippen LogP contribution < -0.4 is 5.32 Å². The number of amides is 1. The molecule has 1 unspecified atom stereocenters. The molecule has 3 aromatic heterocycles. The summed E-state index contributed by atoms with van der Waals surface area (Å²) >= 11 is 0. The van der Waals surface area contributed by atoms with Crippen LogP contribution >= 0.6 is 0 Å². The highest BCUT2D eigenvalue weighted by atomic mass is 16.2. The molecule has 140 valence electrons. The summed E-state index contributed by atoms with van der Waals surface area (Å²) in [6.45, 7) is 6.53. The number of piperidine rings is 1. The topological polar surface area (TPSA) is 75.4 Å². The highest BCUT2D eigenvalue weighted by Gasteiger charge is 2.23. The maximum atomic E-state index is 12.7. The van der Waals surface area contributed by atoms with Crippen LogP contribution in [0.15, 0.2) is 36.5 Å². The van der Waals surface area contributed by atoms with Crippen LogP contribution in [0.25, 0.3) is 5.65 Å². The highest BCUT2D eigenvalue weighted by molar-refractivity contribution is 5.93. The molecule has 4 heterocycles. The number of nitrogens with zero attached hydrogens (tertiary/aromatic N) is 5. The molecule has 1 aliphatic rings. The van der Waals surface area contributed by atoms with Gasteiger partial charge in [-0.25, -0.2) is 9.50 Å². The van der Waals surface area contributed by atoms with Gasteiger partial charge in [0, 0.05) is 37.1 Å². The molecule has 4 rings (SSSR count). The van der Waals surface area contributed by atoms with Crippen LogP contribution in [-0.4, -0.2) is 49.5 Å². The van der Waals surface area contributed by atoms with Crippen molar-refractivity contribution in [3.63, 3.8) is 0 Å². The summed E-state index contributed by atoms with van der Waals surface area (Å²) < 4.78 is 1.77. The Labute approximate surface area is 158 Å². The summed E-state index contributed by atoms with van der Waals surface area (Å²) in [4.78, 5) is 24.0. The van der Waals surface area contributed by atoms with E-state index in [0.717, 1.165) is 49.6 Å². The Bertz CT molecular complexity index is 952. The minimum Gasteiger partial charge on any atom is -0.347 e. The fraction of sp³-hybridized carbons (Fsp3) is 0.400. The number of fused-ring (bicyclic) bond motifs is 1. The first-order chi connectivity index (χ1) is 13.1. The van der Waals surface area contributed by atoms with E-state index < -0.39 is 0 Å². The van der Waals surface area contributed by atoms with Crippen molar-refractivity contribution in [1.82, 2.24) is 29.8 Å². The van der Waals surface area contributed by atoms with Gasteiger partial charge in [-0.05, 0) is 51.4 Å². The quantitative estimate of drug-likeness (QED) is 0.768.